The Balaban J connectivity index is 2.08. The monoisotopic (exact) mass is 382 g/mol. The van der Waals surface area contributed by atoms with Gasteiger partial charge in [0.2, 0.25) is 0 Å². The van der Waals surface area contributed by atoms with E-state index >= 15 is 0 Å². The number of non-ortho nitro benzene ring substituents is 1. The highest BCUT2D eigenvalue weighted by Crippen LogP contribution is 2.27. The number of carbonyl (C=O) groups is 3. The number of amides is 4. The first-order valence-electron chi connectivity index (χ1n) is 8.41. The largest absolute Gasteiger partial charge is 0.331 e. The van der Waals surface area contributed by atoms with E-state index in [2.05, 4.69) is 5.32 Å². The standard InChI is InChI=1S/C19H18N4O5/c1-10-7-14(23(27)28)5-6-16(10)22-11(2)8-13(12(22)3)9-15-17(24)20-19(26)21(4)18(15)25/h5-9H,1-4H3,(H,20,24,26)/b15-9-. The van der Waals surface area contributed by atoms with Gasteiger partial charge in [0, 0.05) is 36.3 Å². The Morgan fingerprint density at radius 3 is 2.39 bits per heavy atom. The number of rotatable bonds is 3. The zero-order valence-electron chi connectivity index (χ0n) is 15.8. The number of likely N-dealkylation sites (N-methyl/N-ethyl adjacent to an activating group) is 1. The number of hydrogen-bond acceptors (Lipinski definition) is 5. The lowest BCUT2D eigenvalue weighted by atomic mass is 10.1. The SMILES string of the molecule is Cc1cc([N+](=O)[O-])ccc1-n1c(C)cc(/C=C2/C(=O)NC(=O)N(C)C2=O)c1C. The van der Waals surface area contributed by atoms with Crippen molar-refractivity contribution in [2.75, 3.05) is 7.05 Å². The van der Waals surface area contributed by atoms with Crippen molar-refractivity contribution in [2.45, 2.75) is 20.8 Å². The zero-order valence-corrected chi connectivity index (χ0v) is 15.8. The van der Waals surface area contributed by atoms with Gasteiger partial charge in [0.05, 0.1) is 4.92 Å². The van der Waals surface area contributed by atoms with Crippen molar-refractivity contribution >= 4 is 29.6 Å². The topological polar surface area (TPSA) is 115 Å². The van der Waals surface area contributed by atoms with Crippen LogP contribution in [0.25, 0.3) is 11.8 Å². The van der Waals surface area contributed by atoms with Crippen molar-refractivity contribution in [3.63, 3.8) is 0 Å². The predicted octanol–water partition coefficient (Wildman–Crippen LogP) is 2.40. The lowest BCUT2D eigenvalue weighted by molar-refractivity contribution is -0.384. The molecule has 0 radical (unpaired) electrons. The van der Waals surface area contributed by atoms with Crippen LogP contribution in [0.5, 0.6) is 0 Å². The van der Waals surface area contributed by atoms with E-state index in [0.717, 1.165) is 22.0 Å². The molecule has 0 spiro atoms. The van der Waals surface area contributed by atoms with Crippen LogP contribution in [0.2, 0.25) is 0 Å². The second-order valence-corrected chi connectivity index (χ2v) is 6.57. The lowest BCUT2D eigenvalue weighted by Gasteiger charge is -2.22. The number of urea groups is 1. The molecular formula is C19H18N4O5. The first-order chi connectivity index (χ1) is 13.1. The number of aryl methyl sites for hydroxylation is 2. The number of hydrogen-bond donors (Lipinski definition) is 1. The Morgan fingerprint density at radius 2 is 1.79 bits per heavy atom. The number of nitrogens with one attached hydrogen (secondary N) is 1. The van der Waals surface area contributed by atoms with Gasteiger partial charge in [-0.3, -0.25) is 29.9 Å². The third-order valence-electron chi connectivity index (χ3n) is 4.71. The Morgan fingerprint density at radius 1 is 1.11 bits per heavy atom. The minimum absolute atomic E-state index is 0.00299. The van der Waals surface area contributed by atoms with E-state index in [9.17, 15) is 24.5 Å². The van der Waals surface area contributed by atoms with Crippen LogP contribution in [0.3, 0.4) is 0 Å². The third-order valence-corrected chi connectivity index (χ3v) is 4.71. The minimum atomic E-state index is -0.765. The number of imide groups is 2. The normalized spacial score (nSPS) is 15.9. The highest BCUT2D eigenvalue weighted by Gasteiger charge is 2.33. The molecule has 1 aromatic carbocycles. The molecule has 9 nitrogen and oxygen atoms in total. The lowest BCUT2D eigenvalue weighted by Crippen LogP contribution is -2.52. The van der Waals surface area contributed by atoms with E-state index in [-0.39, 0.29) is 11.3 Å². The van der Waals surface area contributed by atoms with Crippen molar-refractivity contribution in [1.82, 2.24) is 14.8 Å². The average molecular weight is 382 g/mol. The number of barbiturate groups is 1. The van der Waals surface area contributed by atoms with Crippen LogP contribution >= 0.6 is 0 Å². The first-order valence-corrected chi connectivity index (χ1v) is 8.41. The van der Waals surface area contributed by atoms with Gasteiger partial charge in [-0.1, -0.05) is 0 Å². The number of carbonyl (C=O) groups excluding carboxylic acids is 3. The average Bonchev–Trinajstić information content (AvgIpc) is 2.90. The van der Waals surface area contributed by atoms with Crippen LogP contribution in [0.15, 0.2) is 29.8 Å². The van der Waals surface area contributed by atoms with Crippen LogP contribution in [-0.2, 0) is 9.59 Å². The van der Waals surface area contributed by atoms with Crippen molar-refractivity contribution < 1.29 is 19.3 Å². The molecule has 2 heterocycles. The maximum absolute atomic E-state index is 12.3. The molecular weight excluding hydrogens is 364 g/mol. The Bertz CT molecular complexity index is 1080. The fraction of sp³-hybridized carbons (Fsp3) is 0.211. The van der Waals surface area contributed by atoms with Gasteiger partial charge >= 0.3 is 6.03 Å². The molecule has 2 aromatic rings. The van der Waals surface area contributed by atoms with Crippen LogP contribution in [0.1, 0.15) is 22.5 Å². The third kappa shape index (κ3) is 3.07. The molecule has 0 atom stereocenters. The Labute approximate surface area is 160 Å². The van der Waals surface area contributed by atoms with E-state index < -0.39 is 22.8 Å². The molecule has 9 heteroatoms. The maximum atomic E-state index is 12.3. The predicted molar refractivity (Wildman–Crippen MR) is 101 cm³/mol. The van der Waals surface area contributed by atoms with E-state index in [4.69, 9.17) is 0 Å². The smallest absolute Gasteiger partial charge is 0.318 e. The van der Waals surface area contributed by atoms with Crippen molar-refractivity contribution in [1.29, 1.82) is 0 Å². The van der Waals surface area contributed by atoms with E-state index in [0.29, 0.717) is 11.1 Å². The van der Waals surface area contributed by atoms with E-state index in [1.54, 1.807) is 19.1 Å². The number of nitro groups is 1. The molecule has 1 N–H and O–H groups in total. The van der Waals surface area contributed by atoms with Crippen LogP contribution in [0.4, 0.5) is 10.5 Å². The molecule has 3 rings (SSSR count). The van der Waals surface area contributed by atoms with Gasteiger partial charge in [-0.15, -0.1) is 0 Å². The van der Waals surface area contributed by atoms with Gasteiger partial charge in [0.25, 0.3) is 17.5 Å². The summed E-state index contributed by atoms with van der Waals surface area (Å²) in [5.74, 6) is -1.42. The summed E-state index contributed by atoms with van der Waals surface area (Å²) < 4.78 is 1.89. The molecule has 0 bridgehead atoms. The van der Waals surface area contributed by atoms with Crippen LogP contribution in [0, 0.1) is 30.9 Å². The van der Waals surface area contributed by atoms with Gasteiger partial charge < -0.3 is 4.57 Å². The number of nitrogens with zero attached hydrogens (tertiary/aromatic N) is 3. The highest BCUT2D eigenvalue weighted by atomic mass is 16.6. The first kappa shape index (κ1) is 19.0. The molecule has 0 unspecified atom stereocenters. The van der Waals surface area contributed by atoms with Gasteiger partial charge in [0.15, 0.2) is 0 Å². The molecule has 1 aliphatic heterocycles. The highest BCUT2D eigenvalue weighted by molar-refractivity contribution is 6.30. The van der Waals surface area contributed by atoms with Gasteiger partial charge in [-0.2, -0.15) is 0 Å². The van der Waals surface area contributed by atoms with Gasteiger partial charge in [-0.25, -0.2) is 4.79 Å². The fourth-order valence-corrected chi connectivity index (χ4v) is 3.21. The zero-order chi connectivity index (χ0) is 20.7. The van der Waals surface area contributed by atoms with E-state index in [1.807, 2.05) is 18.4 Å². The number of aromatic nitrogens is 1. The number of benzene rings is 1. The number of nitro benzene ring substituents is 1. The molecule has 1 aliphatic rings. The van der Waals surface area contributed by atoms with E-state index in [1.165, 1.54) is 25.3 Å². The maximum Gasteiger partial charge on any atom is 0.331 e. The van der Waals surface area contributed by atoms with Crippen molar-refractivity contribution in [3.05, 3.63) is 62.5 Å². The molecule has 1 fully saturated rings. The second-order valence-electron chi connectivity index (χ2n) is 6.57. The summed E-state index contributed by atoms with van der Waals surface area (Å²) in [5, 5.41) is 13.1. The summed E-state index contributed by atoms with van der Waals surface area (Å²) in [5.41, 5.74) is 3.56. The molecule has 1 saturated heterocycles. The van der Waals surface area contributed by atoms with Gasteiger partial charge in [-0.05, 0) is 50.1 Å². The Hall–Kier alpha value is -3.75. The quantitative estimate of drug-likeness (QED) is 0.379. The molecule has 144 valence electrons. The van der Waals surface area contributed by atoms with Crippen molar-refractivity contribution in [3.8, 4) is 5.69 Å². The van der Waals surface area contributed by atoms with Crippen molar-refractivity contribution in [2.24, 2.45) is 0 Å². The fourth-order valence-electron chi connectivity index (χ4n) is 3.21. The summed E-state index contributed by atoms with van der Waals surface area (Å²) in [7, 11) is 1.29. The molecule has 0 aliphatic carbocycles. The minimum Gasteiger partial charge on any atom is -0.318 e. The molecule has 28 heavy (non-hydrogen) atoms. The Kier molecular flexibility index (Phi) is 4.60. The van der Waals surface area contributed by atoms with Gasteiger partial charge in [0.1, 0.15) is 5.57 Å². The summed E-state index contributed by atoms with van der Waals surface area (Å²) in [6.07, 6.45) is 1.44. The summed E-state index contributed by atoms with van der Waals surface area (Å²) in [6.45, 7) is 5.45. The van der Waals surface area contributed by atoms with Crippen LogP contribution < -0.4 is 5.32 Å². The summed E-state index contributed by atoms with van der Waals surface area (Å²) >= 11 is 0. The molecule has 4 amide bonds. The summed E-state index contributed by atoms with van der Waals surface area (Å²) in [4.78, 5) is 47.2. The summed E-state index contributed by atoms with van der Waals surface area (Å²) in [6, 6.07) is 5.62. The molecule has 1 aromatic heterocycles. The van der Waals surface area contributed by atoms with Crippen LogP contribution in [-0.4, -0.2) is 39.3 Å². The second kappa shape index (κ2) is 6.76. The molecule has 0 saturated carbocycles.